The predicted octanol–water partition coefficient (Wildman–Crippen LogP) is 3.08. The maximum Gasteiger partial charge on any atom is 0.0962 e. The Morgan fingerprint density at radius 2 is 2.12 bits per heavy atom. The van der Waals surface area contributed by atoms with Gasteiger partial charge in [-0.2, -0.15) is 0 Å². The van der Waals surface area contributed by atoms with E-state index in [1.54, 1.807) is 11.3 Å². The average molecular weight is 240 g/mol. The number of aliphatic hydroxyl groups is 1. The zero-order chi connectivity index (χ0) is 11.6. The summed E-state index contributed by atoms with van der Waals surface area (Å²) < 4.78 is 5.34. The van der Waals surface area contributed by atoms with E-state index in [0.29, 0.717) is 5.92 Å². The summed E-state index contributed by atoms with van der Waals surface area (Å²) in [4.78, 5) is 2.36. The van der Waals surface area contributed by atoms with Gasteiger partial charge in [0, 0.05) is 23.0 Å². The second-order valence-corrected chi connectivity index (χ2v) is 6.23. The van der Waals surface area contributed by atoms with E-state index in [-0.39, 0.29) is 0 Å². The van der Waals surface area contributed by atoms with Crippen LogP contribution in [0.4, 0.5) is 0 Å². The van der Waals surface area contributed by atoms with Crippen molar-refractivity contribution >= 4 is 11.3 Å². The van der Waals surface area contributed by atoms with E-state index in [2.05, 4.69) is 19.1 Å². The summed E-state index contributed by atoms with van der Waals surface area (Å²) in [5.74, 6) is 0.603. The average Bonchev–Trinajstić information content (AvgIpc) is 2.66. The Morgan fingerprint density at radius 1 is 1.44 bits per heavy atom. The monoisotopic (exact) mass is 240 g/mol. The van der Waals surface area contributed by atoms with Gasteiger partial charge in [-0.3, -0.25) is 0 Å². The topological polar surface area (TPSA) is 29.5 Å². The van der Waals surface area contributed by atoms with Gasteiger partial charge in [0.2, 0.25) is 0 Å². The van der Waals surface area contributed by atoms with E-state index in [1.807, 2.05) is 6.92 Å². The van der Waals surface area contributed by atoms with Gasteiger partial charge in [0.15, 0.2) is 0 Å². The summed E-state index contributed by atoms with van der Waals surface area (Å²) in [5, 5.41) is 10.5. The lowest BCUT2D eigenvalue weighted by Gasteiger charge is -2.30. The molecule has 3 heteroatoms. The van der Waals surface area contributed by atoms with Crippen LogP contribution in [-0.4, -0.2) is 18.3 Å². The number of hydrogen-bond donors (Lipinski definition) is 1. The van der Waals surface area contributed by atoms with Gasteiger partial charge < -0.3 is 9.84 Å². The molecular formula is C13H20O2S. The Kier molecular flexibility index (Phi) is 3.67. The molecule has 0 saturated carbocycles. The first-order chi connectivity index (χ1) is 7.58. The molecule has 0 aliphatic carbocycles. The van der Waals surface area contributed by atoms with Crippen molar-refractivity contribution in [3.8, 4) is 0 Å². The molecule has 1 saturated heterocycles. The maximum absolute atomic E-state index is 10.5. The van der Waals surface area contributed by atoms with Gasteiger partial charge in [-0.1, -0.05) is 0 Å². The van der Waals surface area contributed by atoms with Crippen LogP contribution in [0.3, 0.4) is 0 Å². The third-order valence-corrected chi connectivity index (χ3v) is 4.55. The summed E-state index contributed by atoms with van der Waals surface area (Å²) in [7, 11) is 0. The molecule has 2 heterocycles. The number of rotatable bonds is 3. The second-order valence-electron chi connectivity index (χ2n) is 4.94. The van der Waals surface area contributed by atoms with Crippen molar-refractivity contribution in [1.29, 1.82) is 0 Å². The number of aryl methyl sites for hydroxylation is 1. The van der Waals surface area contributed by atoms with Gasteiger partial charge in [-0.25, -0.2) is 0 Å². The Hall–Kier alpha value is -0.380. The Bertz CT molecular complexity index is 337. The van der Waals surface area contributed by atoms with Crippen molar-refractivity contribution in [2.24, 2.45) is 5.92 Å². The highest BCUT2D eigenvalue weighted by Gasteiger charge is 2.29. The molecule has 2 nitrogen and oxygen atoms in total. The van der Waals surface area contributed by atoms with Crippen LogP contribution < -0.4 is 0 Å². The van der Waals surface area contributed by atoms with Crippen LogP contribution in [0.25, 0.3) is 0 Å². The normalized spacial score (nSPS) is 21.9. The van der Waals surface area contributed by atoms with Crippen molar-refractivity contribution in [1.82, 2.24) is 0 Å². The molecule has 16 heavy (non-hydrogen) atoms. The third-order valence-electron chi connectivity index (χ3n) is 3.30. The molecule has 1 fully saturated rings. The van der Waals surface area contributed by atoms with Crippen molar-refractivity contribution in [3.63, 3.8) is 0 Å². The predicted molar refractivity (Wildman–Crippen MR) is 66.8 cm³/mol. The third kappa shape index (κ3) is 2.84. The first kappa shape index (κ1) is 12.1. The summed E-state index contributed by atoms with van der Waals surface area (Å²) in [5.41, 5.74) is -0.666. The quantitative estimate of drug-likeness (QED) is 0.879. The fraction of sp³-hybridized carbons (Fsp3) is 0.692. The van der Waals surface area contributed by atoms with Gasteiger partial charge >= 0.3 is 0 Å². The highest BCUT2D eigenvalue weighted by molar-refractivity contribution is 7.12. The van der Waals surface area contributed by atoms with Crippen LogP contribution in [0.2, 0.25) is 0 Å². The van der Waals surface area contributed by atoms with Gasteiger partial charge in [0.25, 0.3) is 0 Å². The van der Waals surface area contributed by atoms with Crippen LogP contribution in [-0.2, 0) is 10.3 Å². The van der Waals surface area contributed by atoms with E-state index in [0.717, 1.165) is 37.4 Å². The number of hydrogen-bond acceptors (Lipinski definition) is 3. The SMILES string of the molecule is Cc1ccc(C(C)(O)CC2CCOCC2)s1. The van der Waals surface area contributed by atoms with Crippen LogP contribution in [0.1, 0.15) is 35.9 Å². The fourth-order valence-electron chi connectivity index (χ4n) is 2.34. The van der Waals surface area contributed by atoms with E-state index in [4.69, 9.17) is 4.74 Å². The standard InChI is InChI=1S/C13H20O2S/c1-10-3-4-12(16-10)13(2,14)9-11-5-7-15-8-6-11/h3-4,11,14H,5-9H2,1-2H3. The molecule has 0 aromatic carbocycles. The minimum absolute atomic E-state index is 0.603. The Labute approximate surface area is 101 Å². The summed E-state index contributed by atoms with van der Waals surface area (Å²) in [6, 6.07) is 4.14. The van der Waals surface area contributed by atoms with Crippen LogP contribution >= 0.6 is 11.3 Å². The first-order valence-electron chi connectivity index (χ1n) is 5.95. The van der Waals surface area contributed by atoms with Crippen LogP contribution in [0.5, 0.6) is 0 Å². The van der Waals surface area contributed by atoms with E-state index in [9.17, 15) is 5.11 Å². The molecule has 2 rings (SSSR count). The van der Waals surface area contributed by atoms with Crippen molar-refractivity contribution in [2.75, 3.05) is 13.2 Å². The molecule has 1 aliphatic heterocycles. The lowest BCUT2D eigenvalue weighted by Crippen LogP contribution is -2.27. The molecular weight excluding hydrogens is 220 g/mol. The molecule has 0 radical (unpaired) electrons. The molecule has 1 aromatic heterocycles. The van der Waals surface area contributed by atoms with Gasteiger partial charge in [0.05, 0.1) is 5.60 Å². The number of thiophene rings is 1. The summed E-state index contributed by atoms with van der Waals surface area (Å²) in [6.07, 6.45) is 3.03. The fourth-order valence-corrected chi connectivity index (χ4v) is 3.26. The highest BCUT2D eigenvalue weighted by atomic mass is 32.1. The first-order valence-corrected chi connectivity index (χ1v) is 6.76. The molecule has 1 atom stereocenters. The lowest BCUT2D eigenvalue weighted by atomic mass is 9.86. The molecule has 1 aliphatic rings. The Balaban J connectivity index is 2.01. The maximum atomic E-state index is 10.5. The van der Waals surface area contributed by atoms with Crippen LogP contribution in [0, 0.1) is 12.8 Å². The number of ether oxygens (including phenoxy) is 1. The molecule has 0 spiro atoms. The largest absolute Gasteiger partial charge is 0.385 e. The van der Waals surface area contributed by atoms with Crippen molar-refractivity contribution in [2.45, 2.75) is 38.7 Å². The van der Waals surface area contributed by atoms with Crippen LogP contribution in [0.15, 0.2) is 12.1 Å². The zero-order valence-electron chi connectivity index (χ0n) is 10.0. The highest BCUT2D eigenvalue weighted by Crippen LogP contribution is 2.35. The smallest absolute Gasteiger partial charge is 0.0962 e. The van der Waals surface area contributed by atoms with Crippen molar-refractivity contribution < 1.29 is 9.84 Å². The summed E-state index contributed by atoms with van der Waals surface area (Å²) >= 11 is 1.70. The summed E-state index contributed by atoms with van der Waals surface area (Å²) in [6.45, 7) is 5.72. The lowest BCUT2D eigenvalue weighted by molar-refractivity contribution is -0.000821. The van der Waals surface area contributed by atoms with Gasteiger partial charge in [-0.05, 0) is 51.2 Å². The minimum atomic E-state index is -0.666. The molecule has 0 bridgehead atoms. The van der Waals surface area contributed by atoms with Gasteiger partial charge in [-0.15, -0.1) is 11.3 Å². The minimum Gasteiger partial charge on any atom is -0.385 e. The zero-order valence-corrected chi connectivity index (χ0v) is 10.8. The molecule has 1 aromatic rings. The molecule has 90 valence electrons. The van der Waals surface area contributed by atoms with Gasteiger partial charge in [0.1, 0.15) is 0 Å². The van der Waals surface area contributed by atoms with E-state index in [1.165, 1.54) is 4.88 Å². The van der Waals surface area contributed by atoms with E-state index >= 15 is 0 Å². The molecule has 1 unspecified atom stereocenters. The Morgan fingerprint density at radius 3 is 2.69 bits per heavy atom. The second kappa shape index (κ2) is 4.86. The van der Waals surface area contributed by atoms with E-state index < -0.39 is 5.60 Å². The van der Waals surface area contributed by atoms with Crippen molar-refractivity contribution in [3.05, 3.63) is 21.9 Å². The molecule has 0 amide bonds. The molecule has 1 N–H and O–H groups in total.